The third kappa shape index (κ3) is 2.64. The lowest BCUT2D eigenvalue weighted by atomic mass is 10.1. The number of carbonyl (C=O) groups is 1. The summed E-state index contributed by atoms with van der Waals surface area (Å²) in [4.78, 5) is 14.7. The average molecular weight is 294 g/mol. The Morgan fingerprint density at radius 3 is 2.90 bits per heavy atom. The van der Waals surface area contributed by atoms with Crippen molar-refractivity contribution >= 4 is 17.5 Å². The smallest absolute Gasteiger partial charge is 0.254 e. The predicted molar refractivity (Wildman–Crippen MR) is 79.7 cm³/mol. The monoisotopic (exact) mass is 293 g/mol. The third-order valence-electron chi connectivity index (χ3n) is 4.29. The summed E-state index contributed by atoms with van der Waals surface area (Å²) in [6, 6.07) is 6.15. The molecule has 108 valence electrons. The molecule has 1 fully saturated rings. The molecule has 0 saturated heterocycles. The molecule has 1 amide bonds. The fraction of sp³-hybridized carbons (Fsp3) is 0.562. The predicted octanol–water partition coefficient (Wildman–Crippen LogP) is 3.25. The Labute approximate surface area is 124 Å². The van der Waals surface area contributed by atoms with Crippen molar-refractivity contribution < 1.29 is 9.53 Å². The van der Waals surface area contributed by atoms with E-state index in [-0.39, 0.29) is 5.91 Å². The Kier molecular flexibility index (Phi) is 4.16. The number of fused-ring (bicyclic) bond motifs is 1. The lowest BCUT2D eigenvalue weighted by Crippen LogP contribution is -2.40. The van der Waals surface area contributed by atoms with E-state index in [0.717, 1.165) is 42.7 Å². The molecule has 1 saturated carbocycles. The molecule has 1 heterocycles. The molecule has 0 radical (unpaired) electrons. The number of nitrogens with zero attached hydrogens (tertiary/aromatic N) is 1. The van der Waals surface area contributed by atoms with Crippen molar-refractivity contribution in [3.05, 3.63) is 29.3 Å². The van der Waals surface area contributed by atoms with Gasteiger partial charge in [-0.2, -0.15) is 0 Å². The first kappa shape index (κ1) is 13.7. The topological polar surface area (TPSA) is 29.5 Å². The van der Waals surface area contributed by atoms with E-state index in [1.165, 1.54) is 12.8 Å². The highest BCUT2D eigenvalue weighted by atomic mass is 35.5. The molecule has 3 rings (SSSR count). The summed E-state index contributed by atoms with van der Waals surface area (Å²) in [5.41, 5.74) is 1.92. The molecule has 0 unspecified atom stereocenters. The van der Waals surface area contributed by atoms with E-state index in [9.17, 15) is 4.79 Å². The van der Waals surface area contributed by atoms with E-state index in [1.807, 2.05) is 23.1 Å². The quantitative estimate of drug-likeness (QED) is 0.798. The number of rotatable bonds is 4. The average Bonchev–Trinajstić information content (AvgIpc) is 3.13. The highest BCUT2D eigenvalue weighted by molar-refractivity contribution is 6.18. The van der Waals surface area contributed by atoms with Gasteiger partial charge in [-0.25, -0.2) is 0 Å². The largest absolute Gasteiger partial charge is 0.493 e. The minimum absolute atomic E-state index is 0.118. The van der Waals surface area contributed by atoms with Gasteiger partial charge in [0.15, 0.2) is 0 Å². The second-order valence-corrected chi connectivity index (χ2v) is 5.92. The molecule has 0 aromatic heterocycles. The van der Waals surface area contributed by atoms with Gasteiger partial charge in [-0.05, 0) is 36.6 Å². The number of hydrogen-bond donors (Lipinski definition) is 0. The summed E-state index contributed by atoms with van der Waals surface area (Å²) >= 11 is 5.89. The van der Waals surface area contributed by atoms with Crippen LogP contribution in [-0.2, 0) is 6.42 Å². The van der Waals surface area contributed by atoms with Crippen molar-refractivity contribution in [1.29, 1.82) is 0 Å². The SMILES string of the molecule is O=C(c1ccc2c(c1)CCO2)N(CCCl)C1CCCC1. The van der Waals surface area contributed by atoms with Crippen LogP contribution in [0.3, 0.4) is 0 Å². The van der Waals surface area contributed by atoms with Gasteiger partial charge in [0.05, 0.1) is 6.61 Å². The number of hydrogen-bond acceptors (Lipinski definition) is 2. The number of ether oxygens (including phenoxy) is 1. The molecule has 3 nitrogen and oxygen atoms in total. The molecule has 0 N–H and O–H groups in total. The van der Waals surface area contributed by atoms with Gasteiger partial charge in [0.25, 0.3) is 5.91 Å². The first-order valence-corrected chi connectivity index (χ1v) is 7.95. The fourth-order valence-corrected chi connectivity index (χ4v) is 3.42. The van der Waals surface area contributed by atoms with Gasteiger partial charge in [0.1, 0.15) is 5.75 Å². The Balaban J connectivity index is 1.81. The Morgan fingerprint density at radius 2 is 2.15 bits per heavy atom. The normalized spacial score (nSPS) is 17.9. The molecule has 1 aromatic carbocycles. The van der Waals surface area contributed by atoms with Crippen molar-refractivity contribution in [3.8, 4) is 5.75 Å². The van der Waals surface area contributed by atoms with Crippen LogP contribution in [0, 0.1) is 0 Å². The minimum Gasteiger partial charge on any atom is -0.493 e. The lowest BCUT2D eigenvalue weighted by molar-refractivity contribution is 0.0695. The van der Waals surface area contributed by atoms with Crippen molar-refractivity contribution in [1.82, 2.24) is 4.90 Å². The Hall–Kier alpha value is -1.22. The summed E-state index contributed by atoms with van der Waals surface area (Å²) in [6.45, 7) is 1.36. The van der Waals surface area contributed by atoms with E-state index >= 15 is 0 Å². The molecule has 20 heavy (non-hydrogen) atoms. The third-order valence-corrected chi connectivity index (χ3v) is 4.46. The van der Waals surface area contributed by atoms with Crippen LogP contribution >= 0.6 is 11.6 Å². The molecule has 1 aliphatic heterocycles. The summed E-state index contributed by atoms with van der Waals surface area (Å²) in [5.74, 6) is 1.54. The minimum atomic E-state index is 0.118. The maximum atomic E-state index is 12.7. The maximum Gasteiger partial charge on any atom is 0.254 e. The Morgan fingerprint density at radius 1 is 1.35 bits per heavy atom. The zero-order valence-corrected chi connectivity index (χ0v) is 12.4. The van der Waals surface area contributed by atoms with E-state index in [4.69, 9.17) is 16.3 Å². The van der Waals surface area contributed by atoms with Gasteiger partial charge < -0.3 is 9.64 Å². The first-order valence-electron chi connectivity index (χ1n) is 7.42. The fourth-order valence-electron chi connectivity index (χ4n) is 3.24. The highest BCUT2D eigenvalue weighted by Gasteiger charge is 2.27. The molecule has 0 atom stereocenters. The molecule has 0 bridgehead atoms. The zero-order valence-electron chi connectivity index (χ0n) is 11.6. The van der Waals surface area contributed by atoms with Crippen LogP contribution in [0.2, 0.25) is 0 Å². The molecule has 1 aliphatic carbocycles. The first-order chi connectivity index (χ1) is 9.79. The lowest BCUT2D eigenvalue weighted by Gasteiger charge is -2.28. The number of amides is 1. The number of benzene rings is 1. The summed E-state index contributed by atoms with van der Waals surface area (Å²) < 4.78 is 5.49. The summed E-state index contributed by atoms with van der Waals surface area (Å²) in [7, 11) is 0. The van der Waals surface area contributed by atoms with Gasteiger partial charge in [0.2, 0.25) is 0 Å². The molecular formula is C16H20ClNO2. The van der Waals surface area contributed by atoms with Crippen molar-refractivity contribution in [2.75, 3.05) is 19.0 Å². The van der Waals surface area contributed by atoms with Crippen LogP contribution < -0.4 is 4.74 Å². The van der Waals surface area contributed by atoms with E-state index in [0.29, 0.717) is 18.5 Å². The van der Waals surface area contributed by atoms with Crippen LogP contribution in [0.4, 0.5) is 0 Å². The maximum absolute atomic E-state index is 12.7. The van der Waals surface area contributed by atoms with Gasteiger partial charge in [-0.1, -0.05) is 12.8 Å². The van der Waals surface area contributed by atoms with Gasteiger partial charge in [0, 0.05) is 30.5 Å². The zero-order chi connectivity index (χ0) is 13.9. The van der Waals surface area contributed by atoms with Crippen LogP contribution in [0.15, 0.2) is 18.2 Å². The molecule has 1 aromatic rings. The van der Waals surface area contributed by atoms with Crippen molar-refractivity contribution in [2.24, 2.45) is 0 Å². The van der Waals surface area contributed by atoms with Gasteiger partial charge >= 0.3 is 0 Å². The molecule has 2 aliphatic rings. The van der Waals surface area contributed by atoms with Crippen LogP contribution in [0.25, 0.3) is 0 Å². The number of alkyl halides is 1. The number of carbonyl (C=O) groups excluding carboxylic acids is 1. The van der Waals surface area contributed by atoms with E-state index < -0.39 is 0 Å². The highest BCUT2D eigenvalue weighted by Crippen LogP contribution is 2.28. The number of halogens is 1. The Bertz CT molecular complexity index is 497. The van der Waals surface area contributed by atoms with Crippen LogP contribution in [0.1, 0.15) is 41.6 Å². The second-order valence-electron chi connectivity index (χ2n) is 5.55. The summed E-state index contributed by atoms with van der Waals surface area (Å²) in [5, 5.41) is 0. The molecule has 0 spiro atoms. The molecular weight excluding hydrogens is 274 g/mol. The van der Waals surface area contributed by atoms with Crippen molar-refractivity contribution in [3.63, 3.8) is 0 Å². The van der Waals surface area contributed by atoms with Gasteiger partial charge in [-0.15, -0.1) is 11.6 Å². The van der Waals surface area contributed by atoms with E-state index in [2.05, 4.69) is 0 Å². The van der Waals surface area contributed by atoms with Gasteiger partial charge in [-0.3, -0.25) is 4.79 Å². The summed E-state index contributed by atoms with van der Waals surface area (Å²) in [6.07, 6.45) is 5.55. The molecule has 4 heteroatoms. The second kappa shape index (κ2) is 6.04. The van der Waals surface area contributed by atoms with Crippen LogP contribution in [-0.4, -0.2) is 35.9 Å². The standard InChI is InChI=1S/C16H20ClNO2/c17-8-9-18(14-3-1-2-4-14)16(19)13-5-6-15-12(11-13)7-10-20-15/h5-6,11,14H,1-4,7-10H2. The van der Waals surface area contributed by atoms with Crippen LogP contribution in [0.5, 0.6) is 5.75 Å². The van der Waals surface area contributed by atoms with E-state index in [1.54, 1.807) is 0 Å². The van der Waals surface area contributed by atoms with Crippen molar-refractivity contribution in [2.45, 2.75) is 38.1 Å².